The van der Waals surface area contributed by atoms with E-state index >= 15 is 0 Å². The van der Waals surface area contributed by atoms with Crippen molar-refractivity contribution in [3.8, 4) is 5.75 Å². The molecule has 0 heterocycles. The van der Waals surface area contributed by atoms with Gasteiger partial charge in [-0.05, 0) is 29.5 Å². The zero-order valence-electron chi connectivity index (χ0n) is 10.3. The third-order valence-electron chi connectivity index (χ3n) is 3.13. The highest BCUT2D eigenvalue weighted by Gasteiger charge is 2.18. The first kappa shape index (κ1) is 12.8. The van der Waals surface area contributed by atoms with Gasteiger partial charge in [-0.3, -0.25) is 0 Å². The second kappa shape index (κ2) is 5.17. The Balaban J connectivity index is 3.12. The molecule has 0 aliphatic heterocycles. The molecule has 0 bridgehead atoms. The molecule has 0 saturated heterocycles. The van der Waals surface area contributed by atoms with Crippen molar-refractivity contribution >= 4 is 6.08 Å². The molecule has 2 nitrogen and oxygen atoms in total. The summed E-state index contributed by atoms with van der Waals surface area (Å²) in [5, 5.41) is 9.71. The van der Waals surface area contributed by atoms with Crippen molar-refractivity contribution in [3.63, 3.8) is 0 Å². The largest absolute Gasteiger partial charge is 0.507 e. The average molecular weight is 219 g/mol. The Morgan fingerprint density at radius 2 is 2.06 bits per heavy atom. The van der Waals surface area contributed by atoms with Crippen molar-refractivity contribution in [1.82, 2.24) is 0 Å². The Hall–Kier alpha value is -1.28. The number of phenols is 1. The maximum Gasteiger partial charge on any atom is 0.122 e. The summed E-state index contributed by atoms with van der Waals surface area (Å²) in [6, 6.07) is 5.77. The van der Waals surface area contributed by atoms with Crippen LogP contribution < -0.4 is 5.73 Å². The molecule has 0 fully saturated rings. The normalized spacial score (nSPS) is 12.2. The van der Waals surface area contributed by atoms with E-state index in [-0.39, 0.29) is 5.41 Å². The molecule has 2 heteroatoms. The Bertz CT molecular complexity index is 380. The third-order valence-corrected chi connectivity index (χ3v) is 3.13. The predicted octanol–water partition coefficient (Wildman–Crippen LogP) is 3.05. The molecule has 0 aliphatic rings. The van der Waals surface area contributed by atoms with Gasteiger partial charge in [-0.15, -0.1) is 0 Å². The van der Waals surface area contributed by atoms with Crippen LogP contribution >= 0.6 is 0 Å². The van der Waals surface area contributed by atoms with Crippen molar-refractivity contribution < 1.29 is 5.11 Å². The molecule has 0 atom stereocenters. The van der Waals surface area contributed by atoms with Crippen LogP contribution in [-0.4, -0.2) is 11.7 Å². The van der Waals surface area contributed by atoms with Crippen molar-refractivity contribution in [2.75, 3.05) is 6.54 Å². The van der Waals surface area contributed by atoms with Crippen molar-refractivity contribution in [2.24, 2.45) is 5.73 Å². The molecule has 0 aromatic heterocycles. The second-order valence-electron chi connectivity index (χ2n) is 4.65. The van der Waals surface area contributed by atoms with Crippen LogP contribution in [0.25, 0.3) is 6.08 Å². The van der Waals surface area contributed by atoms with Crippen LogP contribution in [0.2, 0.25) is 0 Å². The quantitative estimate of drug-likeness (QED) is 0.817. The van der Waals surface area contributed by atoms with Crippen LogP contribution in [0.1, 0.15) is 38.3 Å². The Morgan fingerprint density at radius 1 is 1.38 bits per heavy atom. The smallest absolute Gasteiger partial charge is 0.122 e. The molecule has 3 N–H and O–H groups in total. The van der Waals surface area contributed by atoms with Crippen molar-refractivity contribution in [1.29, 1.82) is 0 Å². The number of hydrogen-bond donors (Lipinski definition) is 2. The number of phenolic OH excluding ortho intramolecular Hbond substituents is 1. The van der Waals surface area contributed by atoms with E-state index in [1.165, 1.54) is 5.56 Å². The average Bonchev–Trinajstić information content (AvgIpc) is 2.27. The van der Waals surface area contributed by atoms with Gasteiger partial charge >= 0.3 is 0 Å². The summed E-state index contributed by atoms with van der Waals surface area (Å²) in [6.45, 7) is 7.06. The van der Waals surface area contributed by atoms with Gasteiger partial charge in [0.1, 0.15) is 5.75 Å². The molecular formula is C14H21NO. The zero-order valence-corrected chi connectivity index (χ0v) is 10.3. The van der Waals surface area contributed by atoms with Gasteiger partial charge in [-0.25, -0.2) is 0 Å². The fourth-order valence-electron chi connectivity index (χ4n) is 1.51. The summed E-state index contributed by atoms with van der Waals surface area (Å²) < 4.78 is 0. The minimum atomic E-state index is 0.138. The van der Waals surface area contributed by atoms with E-state index < -0.39 is 0 Å². The molecular weight excluding hydrogens is 198 g/mol. The molecule has 16 heavy (non-hydrogen) atoms. The minimum Gasteiger partial charge on any atom is -0.507 e. The Kier molecular flexibility index (Phi) is 4.13. The highest BCUT2D eigenvalue weighted by molar-refractivity contribution is 5.58. The van der Waals surface area contributed by atoms with Gasteiger partial charge in [0.2, 0.25) is 0 Å². The predicted molar refractivity (Wildman–Crippen MR) is 69.5 cm³/mol. The monoisotopic (exact) mass is 219 g/mol. The summed E-state index contributed by atoms with van der Waals surface area (Å²) in [5.41, 5.74) is 7.62. The third kappa shape index (κ3) is 2.86. The number of benzene rings is 1. The molecule has 0 aliphatic carbocycles. The van der Waals surface area contributed by atoms with Crippen LogP contribution in [-0.2, 0) is 5.41 Å². The fourth-order valence-corrected chi connectivity index (χ4v) is 1.51. The standard InChI is InChI=1S/C14H21NO/c1-4-14(2,3)12-7-8-13(16)11(10-12)6-5-9-15/h5-8,10,16H,4,9,15H2,1-3H3/b6-5+. The summed E-state index contributed by atoms with van der Waals surface area (Å²) in [6.07, 6.45) is 4.78. The first-order valence-electron chi connectivity index (χ1n) is 5.71. The number of hydrogen-bond acceptors (Lipinski definition) is 2. The highest BCUT2D eigenvalue weighted by atomic mass is 16.3. The molecule has 0 spiro atoms. The summed E-state index contributed by atoms with van der Waals surface area (Å²) in [4.78, 5) is 0. The van der Waals surface area contributed by atoms with E-state index in [0.717, 1.165) is 12.0 Å². The summed E-state index contributed by atoms with van der Waals surface area (Å²) in [7, 11) is 0. The van der Waals surface area contributed by atoms with Crippen molar-refractivity contribution in [2.45, 2.75) is 32.6 Å². The Morgan fingerprint density at radius 3 is 2.62 bits per heavy atom. The maximum atomic E-state index is 9.71. The number of rotatable bonds is 4. The minimum absolute atomic E-state index is 0.138. The SMILES string of the molecule is CCC(C)(C)c1ccc(O)c(/C=C/CN)c1. The number of nitrogens with two attached hydrogens (primary N) is 1. The van der Waals surface area contributed by atoms with Gasteiger partial charge in [0.15, 0.2) is 0 Å². The van der Waals surface area contributed by atoms with Gasteiger partial charge in [0.05, 0.1) is 0 Å². The van der Waals surface area contributed by atoms with E-state index in [1.807, 2.05) is 24.3 Å². The topological polar surface area (TPSA) is 46.2 Å². The first-order chi connectivity index (χ1) is 7.51. The fraction of sp³-hybridized carbons (Fsp3) is 0.429. The second-order valence-corrected chi connectivity index (χ2v) is 4.65. The van der Waals surface area contributed by atoms with Gasteiger partial charge in [-0.1, -0.05) is 39.0 Å². The van der Waals surface area contributed by atoms with Gasteiger partial charge in [0, 0.05) is 12.1 Å². The molecule has 1 aromatic rings. The zero-order chi connectivity index (χ0) is 12.2. The molecule has 88 valence electrons. The summed E-state index contributed by atoms with van der Waals surface area (Å²) >= 11 is 0. The Labute approximate surface area is 97.8 Å². The number of aromatic hydroxyl groups is 1. The van der Waals surface area contributed by atoms with E-state index in [9.17, 15) is 5.11 Å². The molecule has 1 aromatic carbocycles. The first-order valence-corrected chi connectivity index (χ1v) is 5.71. The summed E-state index contributed by atoms with van der Waals surface area (Å²) in [5.74, 6) is 0.306. The molecule has 0 radical (unpaired) electrons. The molecule has 1 rings (SSSR count). The van der Waals surface area contributed by atoms with Crippen molar-refractivity contribution in [3.05, 3.63) is 35.4 Å². The van der Waals surface area contributed by atoms with Gasteiger partial charge < -0.3 is 10.8 Å². The molecule has 0 unspecified atom stereocenters. The van der Waals surface area contributed by atoms with E-state index in [1.54, 1.807) is 6.07 Å². The van der Waals surface area contributed by atoms with E-state index in [4.69, 9.17) is 5.73 Å². The van der Waals surface area contributed by atoms with Crippen LogP contribution in [0.3, 0.4) is 0 Å². The molecule has 0 saturated carbocycles. The lowest BCUT2D eigenvalue weighted by Crippen LogP contribution is -2.15. The van der Waals surface area contributed by atoms with E-state index in [0.29, 0.717) is 12.3 Å². The lowest BCUT2D eigenvalue weighted by molar-refractivity contribution is 0.470. The van der Waals surface area contributed by atoms with E-state index in [2.05, 4.69) is 20.8 Å². The van der Waals surface area contributed by atoms with Gasteiger partial charge in [-0.2, -0.15) is 0 Å². The van der Waals surface area contributed by atoms with Gasteiger partial charge in [0.25, 0.3) is 0 Å². The molecule has 0 amide bonds. The lowest BCUT2D eigenvalue weighted by atomic mass is 9.81. The lowest BCUT2D eigenvalue weighted by Gasteiger charge is -2.23. The maximum absolute atomic E-state index is 9.71. The van der Waals surface area contributed by atoms with Crippen LogP contribution in [0, 0.1) is 0 Å². The van der Waals surface area contributed by atoms with Crippen LogP contribution in [0.4, 0.5) is 0 Å². The van der Waals surface area contributed by atoms with Crippen LogP contribution in [0.15, 0.2) is 24.3 Å². The highest BCUT2D eigenvalue weighted by Crippen LogP contribution is 2.30. The van der Waals surface area contributed by atoms with Crippen LogP contribution in [0.5, 0.6) is 5.75 Å².